The zero-order valence-electron chi connectivity index (χ0n) is 8.32. The summed E-state index contributed by atoms with van der Waals surface area (Å²) in [6.45, 7) is 2.53. The van der Waals surface area contributed by atoms with Crippen LogP contribution in [-0.2, 0) is 0 Å². The van der Waals surface area contributed by atoms with Crippen LogP contribution in [0.1, 0.15) is 6.92 Å². The Morgan fingerprint density at radius 2 is 2.43 bits per heavy atom. The average molecular weight is 194 g/mol. The zero-order valence-corrected chi connectivity index (χ0v) is 8.32. The van der Waals surface area contributed by atoms with Crippen molar-refractivity contribution in [2.45, 2.75) is 6.92 Å². The number of aromatic nitrogens is 1. The maximum atomic E-state index is 11.4. The maximum Gasteiger partial charge on any atom is 0.322 e. The van der Waals surface area contributed by atoms with E-state index in [1.54, 1.807) is 25.4 Å². The first-order chi connectivity index (χ1) is 6.65. The van der Waals surface area contributed by atoms with Crippen LogP contribution < -0.4 is 11.1 Å². The Hall–Kier alpha value is -1.78. The van der Waals surface area contributed by atoms with Crippen molar-refractivity contribution in [3.8, 4) is 0 Å². The van der Waals surface area contributed by atoms with Crippen LogP contribution in [-0.4, -0.2) is 29.5 Å². The van der Waals surface area contributed by atoms with E-state index < -0.39 is 0 Å². The minimum absolute atomic E-state index is 0.210. The second-order valence-electron chi connectivity index (χ2n) is 2.89. The number of pyridine rings is 1. The van der Waals surface area contributed by atoms with Crippen LogP contribution in [0.15, 0.2) is 18.3 Å². The van der Waals surface area contributed by atoms with Crippen molar-refractivity contribution in [2.75, 3.05) is 24.6 Å². The topological polar surface area (TPSA) is 71.2 Å². The number of nitrogens with zero attached hydrogens (tertiary/aromatic N) is 2. The molecule has 0 bridgehead atoms. The number of hydrogen-bond donors (Lipinski definition) is 2. The summed E-state index contributed by atoms with van der Waals surface area (Å²) in [5, 5.41) is 2.61. The summed E-state index contributed by atoms with van der Waals surface area (Å²) in [7, 11) is 1.70. The molecule has 2 amide bonds. The molecule has 0 aromatic carbocycles. The third-order valence-electron chi connectivity index (χ3n) is 1.89. The smallest absolute Gasteiger partial charge is 0.322 e. The third-order valence-corrected chi connectivity index (χ3v) is 1.89. The molecule has 0 unspecified atom stereocenters. The van der Waals surface area contributed by atoms with Gasteiger partial charge in [0.15, 0.2) is 5.82 Å². The predicted molar refractivity (Wildman–Crippen MR) is 56.0 cm³/mol. The fourth-order valence-electron chi connectivity index (χ4n) is 0.863. The van der Waals surface area contributed by atoms with Crippen molar-refractivity contribution >= 4 is 17.5 Å². The Kier molecular flexibility index (Phi) is 3.28. The number of carbonyl (C=O) groups excluding carboxylic acids is 1. The molecule has 1 heterocycles. The number of rotatable bonds is 2. The Bertz CT molecular complexity index is 326. The van der Waals surface area contributed by atoms with Crippen LogP contribution in [0.5, 0.6) is 0 Å². The number of carbonyl (C=O) groups is 1. The molecule has 1 rings (SSSR count). The summed E-state index contributed by atoms with van der Waals surface area (Å²) in [5.74, 6) is 0.401. The Morgan fingerprint density at radius 3 is 3.00 bits per heavy atom. The largest absolute Gasteiger partial charge is 0.396 e. The van der Waals surface area contributed by atoms with Gasteiger partial charge in [-0.3, -0.25) is 5.32 Å². The zero-order chi connectivity index (χ0) is 10.6. The van der Waals surface area contributed by atoms with Gasteiger partial charge in [0.2, 0.25) is 0 Å². The van der Waals surface area contributed by atoms with Crippen LogP contribution in [0, 0.1) is 0 Å². The summed E-state index contributed by atoms with van der Waals surface area (Å²) < 4.78 is 0. The number of hydrogen-bond acceptors (Lipinski definition) is 3. The van der Waals surface area contributed by atoms with Crippen molar-refractivity contribution in [3.05, 3.63) is 18.3 Å². The lowest BCUT2D eigenvalue weighted by molar-refractivity contribution is 0.224. The van der Waals surface area contributed by atoms with Crippen molar-refractivity contribution in [1.82, 2.24) is 9.88 Å². The first kappa shape index (κ1) is 10.3. The van der Waals surface area contributed by atoms with Gasteiger partial charge in [0.1, 0.15) is 0 Å². The molecule has 5 heteroatoms. The van der Waals surface area contributed by atoms with E-state index in [9.17, 15) is 4.79 Å². The van der Waals surface area contributed by atoms with Gasteiger partial charge >= 0.3 is 6.03 Å². The van der Waals surface area contributed by atoms with E-state index in [2.05, 4.69) is 10.3 Å². The number of nitrogens with one attached hydrogen (secondary N) is 1. The molecule has 3 N–H and O–H groups in total. The van der Waals surface area contributed by atoms with Gasteiger partial charge in [0.25, 0.3) is 0 Å². The van der Waals surface area contributed by atoms with Gasteiger partial charge in [-0.15, -0.1) is 0 Å². The van der Waals surface area contributed by atoms with Gasteiger partial charge in [-0.1, -0.05) is 0 Å². The summed E-state index contributed by atoms with van der Waals surface area (Å²) in [6.07, 6.45) is 1.58. The van der Waals surface area contributed by atoms with E-state index in [1.807, 2.05) is 6.92 Å². The minimum atomic E-state index is -0.210. The summed E-state index contributed by atoms with van der Waals surface area (Å²) in [6, 6.07) is 3.20. The molecule has 0 aliphatic rings. The number of nitrogen functional groups attached to an aromatic ring is 1. The van der Waals surface area contributed by atoms with Gasteiger partial charge in [0, 0.05) is 19.8 Å². The van der Waals surface area contributed by atoms with Crippen LogP contribution in [0.2, 0.25) is 0 Å². The molecule has 0 saturated heterocycles. The fourth-order valence-corrected chi connectivity index (χ4v) is 0.863. The number of nitrogens with two attached hydrogens (primary N) is 1. The normalized spacial score (nSPS) is 9.57. The molecule has 0 radical (unpaired) electrons. The summed E-state index contributed by atoms with van der Waals surface area (Å²) in [4.78, 5) is 16.9. The lowest BCUT2D eigenvalue weighted by Crippen LogP contribution is -2.31. The molecule has 0 fully saturated rings. The highest BCUT2D eigenvalue weighted by Crippen LogP contribution is 2.12. The standard InChI is InChI=1S/C9H14N4O/c1-3-13(2)9(14)12-8-7(10)5-4-6-11-8/h4-6H,3,10H2,1-2H3,(H,11,12,14). The SMILES string of the molecule is CCN(C)C(=O)Nc1ncccc1N. The van der Waals surface area contributed by atoms with E-state index in [4.69, 9.17) is 5.73 Å². The highest BCUT2D eigenvalue weighted by Gasteiger charge is 2.08. The predicted octanol–water partition coefficient (Wildman–Crippen LogP) is 1.15. The Labute approximate surface area is 82.9 Å². The van der Waals surface area contributed by atoms with Gasteiger partial charge < -0.3 is 10.6 Å². The molecule has 76 valence electrons. The van der Waals surface area contributed by atoms with Crippen LogP contribution in [0.3, 0.4) is 0 Å². The lowest BCUT2D eigenvalue weighted by atomic mass is 10.4. The molecule has 0 saturated carbocycles. The second-order valence-corrected chi connectivity index (χ2v) is 2.89. The minimum Gasteiger partial charge on any atom is -0.396 e. The van der Waals surface area contributed by atoms with E-state index in [-0.39, 0.29) is 6.03 Å². The monoisotopic (exact) mass is 194 g/mol. The molecule has 0 aliphatic carbocycles. The van der Waals surface area contributed by atoms with Crippen molar-refractivity contribution in [3.63, 3.8) is 0 Å². The van der Waals surface area contributed by atoms with Crippen LogP contribution in [0.4, 0.5) is 16.3 Å². The second kappa shape index (κ2) is 4.45. The molecule has 14 heavy (non-hydrogen) atoms. The average Bonchev–Trinajstić information content (AvgIpc) is 2.20. The highest BCUT2D eigenvalue weighted by atomic mass is 16.2. The first-order valence-corrected chi connectivity index (χ1v) is 4.37. The molecule has 0 atom stereocenters. The Morgan fingerprint density at radius 1 is 1.71 bits per heavy atom. The molecule has 1 aromatic heterocycles. The Balaban J connectivity index is 2.70. The van der Waals surface area contributed by atoms with Crippen molar-refractivity contribution in [2.24, 2.45) is 0 Å². The van der Waals surface area contributed by atoms with Gasteiger partial charge in [0.05, 0.1) is 5.69 Å². The number of urea groups is 1. The van der Waals surface area contributed by atoms with E-state index in [0.29, 0.717) is 18.1 Å². The highest BCUT2D eigenvalue weighted by molar-refractivity contribution is 5.90. The number of amides is 2. The molecule has 0 aliphatic heterocycles. The third kappa shape index (κ3) is 2.35. The van der Waals surface area contributed by atoms with E-state index in [0.717, 1.165) is 0 Å². The first-order valence-electron chi connectivity index (χ1n) is 4.37. The fraction of sp³-hybridized carbons (Fsp3) is 0.333. The quantitative estimate of drug-likeness (QED) is 0.741. The summed E-state index contributed by atoms with van der Waals surface area (Å²) in [5.41, 5.74) is 6.08. The van der Waals surface area contributed by atoms with Crippen LogP contribution in [0.25, 0.3) is 0 Å². The van der Waals surface area contributed by atoms with Gasteiger partial charge in [-0.2, -0.15) is 0 Å². The van der Waals surface area contributed by atoms with Crippen molar-refractivity contribution in [1.29, 1.82) is 0 Å². The molecule has 5 nitrogen and oxygen atoms in total. The van der Waals surface area contributed by atoms with E-state index in [1.165, 1.54) is 4.90 Å². The van der Waals surface area contributed by atoms with Gasteiger partial charge in [-0.05, 0) is 19.1 Å². The molecular weight excluding hydrogens is 180 g/mol. The maximum absolute atomic E-state index is 11.4. The molecule has 1 aromatic rings. The van der Waals surface area contributed by atoms with E-state index >= 15 is 0 Å². The number of anilines is 2. The van der Waals surface area contributed by atoms with Crippen LogP contribution >= 0.6 is 0 Å². The van der Waals surface area contributed by atoms with Crippen molar-refractivity contribution < 1.29 is 4.79 Å². The summed E-state index contributed by atoms with van der Waals surface area (Å²) >= 11 is 0. The molecular formula is C9H14N4O. The lowest BCUT2D eigenvalue weighted by Gasteiger charge is -2.15. The van der Waals surface area contributed by atoms with Gasteiger partial charge in [-0.25, -0.2) is 9.78 Å². The molecule has 0 spiro atoms.